The molecule has 3 heteroatoms. The van der Waals surface area contributed by atoms with E-state index < -0.39 is 0 Å². The molecular formula is C18H27BrO2. The van der Waals surface area contributed by atoms with Gasteiger partial charge in [-0.25, -0.2) is 0 Å². The zero-order valence-corrected chi connectivity index (χ0v) is 14.7. The van der Waals surface area contributed by atoms with Crippen LogP contribution in [0, 0.1) is 5.41 Å². The van der Waals surface area contributed by atoms with Crippen molar-refractivity contribution < 1.29 is 9.47 Å². The van der Waals surface area contributed by atoms with Gasteiger partial charge < -0.3 is 9.47 Å². The van der Waals surface area contributed by atoms with Gasteiger partial charge in [0.1, 0.15) is 0 Å². The summed E-state index contributed by atoms with van der Waals surface area (Å²) in [5.74, 6) is 1.76. The predicted molar refractivity (Wildman–Crippen MR) is 91.7 cm³/mol. The van der Waals surface area contributed by atoms with Crippen LogP contribution in [0.25, 0.3) is 0 Å². The molecule has 1 aromatic rings. The third-order valence-electron chi connectivity index (χ3n) is 4.29. The van der Waals surface area contributed by atoms with Crippen LogP contribution in [0.5, 0.6) is 11.5 Å². The lowest BCUT2D eigenvalue weighted by Gasteiger charge is -2.30. The zero-order chi connectivity index (χ0) is 15.0. The van der Waals surface area contributed by atoms with Crippen LogP contribution < -0.4 is 9.47 Å². The number of para-hydroxylation sites is 2. The predicted octanol–water partition coefficient (Wildman–Crippen LogP) is 5.59. The van der Waals surface area contributed by atoms with E-state index >= 15 is 0 Å². The minimum atomic E-state index is 0.286. The number of ether oxygens (including phenoxy) is 2. The van der Waals surface area contributed by atoms with Crippen LogP contribution in [0.15, 0.2) is 24.3 Å². The third kappa shape index (κ3) is 4.91. The van der Waals surface area contributed by atoms with E-state index in [9.17, 15) is 0 Å². The van der Waals surface area contributed by atoms with Gasteiger partial charge in [0.25, 0.3) is 0 Å². The summed E-state index contributed by atoms with van der Waals surface area (Å²) in [5, 5.41) is 1.03. The molecule has 0 amide bonds. The molecule has 0 unspecified atom stereocenters. The number of hydrogen-bond donors (Lipinski definition) is 0. The summed E-state index contributed by atoms with van der Waals surface area (Å²) in [5.41, 5.74) is 0.286. The van der Waals surface area contributed by atoms with Crippen LogP contribution in [-0.4, -0.2) is 18.5 Å². The second kappa shape index (κ2) is 8.67. The van der Waals surface area contributed by atoms with Gasteiger partial charge in [-0.15, -0.1) is 0 Å². The van der Waals surface area contributed by atoms with Crippen LogP contribution in [-0.2, 0) is 0 Å². The molecule has 0 aliphatic heterocycles. The van der Waals surface area contributed by atoms with Gasteiger partial charge in [-0.05, 0) is 31.4 Å². The van der Waals surface area contributed by atoms with Gasteiger partial charge in [-0.1, -0.05) is 60.7 Å². The molecule has 2 nitrogen and oxygen atoms in total. The molecule has 118 valence electrons. The van der Waals surface area contributed by atoms with Crippen molar-refractivity contribution in [2.75, 3.05) is 18.5 Å². The average Bonchev–Trinajstić information content (AvgIpc) is 2.78. The topological polar surface area (TPSA) is 18.5 Å². The minimum Gasteiger partial charge on any atom is -0.490 e. The molecule has 1 saturated carbocycles. The summed E-state index contributed by atoms with van der Waals surface area (Å²) in [6.07, 6.45) is 8.91. The molecule has 1 fully saturated rings. The van der Waals surface area contributed by atoms with Gasteiger partial charge >= 0.3 is 0 Å². The monoisotopic (exact) mass is 354 g/mol. The standard InChI is InChI=1S/C18H27BrO2/c1-2-13-20-16-9-5-6-10-17(16)21-15-18(14-19)11-7-3-4-8-12-18/h5-6,9-10H,2-4,7-8,11-15H2,1H3. The number of alkyl halides is 1. The van der Waals surface area contributed by atoms with E-state index in [0.717, 1.165) is 36.5 Å². The summed E-state index contributed by atoms with van der Waals surface area (Å²) in [4.78, 5) is 0. The molecule has 1 aliphatic carbocycles. The maximum atomic E-state index is 6.17. The Hall–Kier alpha value is -0.700. The van der Waals surface area contributed by atoms with Crippen LogP contribution in [0.4, 0.5) is 0 Å². The molecule has 0 radical (unpaired) electrons. The maximum Gasteiger partial charge on any atom is 0.161 e. The first-order valence-corrected chi connectivity index (χ1v) is 9.32. The molecule has 1 aliphatic rings. The first-order valence-electron chi connectivity index (χ1n) is 8.20. The largest absolute Gasteiger partial charge is 0.490 e. The highest BCUT2D eigenvalue weighted by atomic mass is 79.9. The summed E-state index contributed by atoms with van der Waals surface area (Å²) in [7, 11) is 0. The Kier molecular flexibility index (Phi) is 6.88. The molecule has 0 saturated heterocycles. The summed E-state index contributed by atoms with van der Waals surface area (Å²) < 4.78 is 11.9. The Balaban J connectivity index is 2.00. The first-order chi connectivity index (χ1) is 10.3. The van der Waals surface area contributed by atoms with Crippen molar-refractivity contribution in [1.82, 2.24) is 0 Å². The molecule has 0 aromatic heterocycles. The number of rotatable bonds is 7. The van der Waals surface area contributed by atoms with Gasteiger partial charge in [0.15, 0.2) is 11.5 Å². The Morgan fingerprint density at radius 2 is 1.62 bits per heavy atom. The van der Waals surface area contributed by atoms with E-state index in [1.165, 1.54) is 38.5 Å². The highest BCUT2D eigenvalue weighted by Crippen LogP contribution is 2.38. The highest BCUT2D eigenvalue weighted by molar-refractivity contribution is 9.09. The van der Waals surface area contributed by atoms with Gasteiger partial charge in [0.2, 0.25) is 0 Å². The fourth-order valence-corrected chi connectivity index (χ4v) is 3.65. The van der Waals surface area contributed by atoms with E-state index in [0.29, 0.717) is 0 Å². The van der Waals surface area contributed by atoms with Crippen LogP contribution >= 0.6 is 15.9 Å². The molecule has 0 N–H and O–H groups in total. The SMILES string of the molecule is CCCOc1ccccc1OCC1(CBr)CCCCCC1. The number of hydrogen-bond acceptors (Lipinski definition) is 2. The summed E-state index contributed by atoms with van der Waals surface area (Å²) in [6.45, 7) is 3.64. The van der Waals surface area contributed by atoms with Crippen molar-refractivity contribution in [3.63, 3.8) is 0 Å². The van der Waals surface area contributed by atoms with Crippen molar-refractivity contribution in [3.8, 4) is 11.5 Å². The van der Waals surface area contributed by atoms with Crippen molar-refractivity contribution in [2.24, 2.45) is 5.41 Å². The smallest absolute Gasteiger partial charge is 0.161 e. The van der Waals surface area contributed by atoms with E-state index in [2.05, 4.69) is 22.9 Å². The molecule has 0 bridgehead atoms. The minimum absolute atomic E-state index is 0.286. The molecule has 2 rings (SSSR count). The Morgan fingerprint density at radius 3 is 2.19 bits per heavy atom. The number of halogens is 1. The van der Waals surface area contributed by atoms with Crippen molar-refractivity contribution in [1.29, 1.82) is 0 Å². The number of benzene rings is 1. The fourth-order valence-electron chi connectivity index (χ4n) is 2.93. The van der Waals surface area contributed by atoms with Crippen molar-refractivity contribution in [3.05, 3.63) is 24.3 Å². The van der Waals surface area contributed by atoms with Crippen LogP contribution in [0.3, 0.4) is 0 Å². The Bertz CT molecular complexity index is 411. The van der Waals surface area contributed by atoms with Gasteiger partial charge in [-0.2, -0.15) is 0 Å². The molecular weight excluding hydrogens is 328 g/mol. The fraction of sp³-hybridized carbons (Fsp3) is 0.667. The normalized spacial score (nSPS) is 18.0. The van der Waals surface area contributed by atoms with Crippen LogP contribution in [0.1, 0.15) is 51.9 Å². The van der Waals surface area contributed by atoms with Gasteiger partial charge in [-0.3, -0.25) is 0 Å². The summed E-state index contributed by atoms with van der Waals surface area (Å²) in [6, 6.07) is 8.04. The third-order valence-corrected chi connectivity index (χ3v) is 5.48. The lowest BCUT2D eigenvalue weighted by Crippen LogP contribution is -2.30. The van der Waals surface area contributed by atoms with E-state index in [-0.39, 0.29) is 5.41 Å². The molecule has 0 heterocycles. The highest BCUT2D eigenvalue weighted by Gasteiger charge is 2.31. The van der Waals surface area contributed by atoms with E-state index in [4.69, 9.17) is 9.47 Å². The lowest BCUT2D eigenvalue weighted by atomic mass is 9.83. The van der Waals surface area contributed by atoms with Crippen LogP contribution in [0.2, 0.25) is 0 Å². The Labute approximate surface area is 137 Å². The van der Waals surface area contributed by atoms with Crippen molar-refractivity contribution >= 4 is 15.9 Å². The van der Waals surface area contributed by atoms with Crippen molar-refractivity contribution in [2.45, 2.75) is 51.9 Å². The first kappa shape index (κ1) is 16.7. The Morgan fingerprint density at radius 1 is 1.00 bits per heavy atom. The molecule has 1 aromatic carbocycles. The molecule has 0 atom stereocenters. The zero-order valence-electron chi connectivity index (χ0n) is 13.1. The molecule has 0 spiro atoms. The maximum absolute atomic E-state index is 6.17. The average molecular weight is 355 g/mol. The second-order valence-corrected chi connectivity index (χ2v) is 6.69. The molecule has 21 heavy (non-hydrogen) atoms. The van der Waals surface area contributed by atoms with Gasteiger partial charge in [0, 0.05) is 10.7 Å². The van der Waals surface area contributed by atoms with Gasteiger partial charge in [0.05, 0.1) is 13.2 Å². The summed E-state index contributed by atoms with van der Waals surface area (Å²) >= 11 is 3.73. The van der Waals surface area contributed by atoms with E-state index in [1.807, 2.05) is 24.3 Å². The van der Waals surface area contributed by atoms with E-state index in [1.54, 1.807) is 0 Å². The second-order valence-electron chi connectivity index (χ2n) is 6.13. The lowest BCUT2D eigenvalue weighted by molar-refractivity contribution is 0.144. The quantitative estimate of drug-likeness (QED) is 0.469.